The van der Waals surface area contributed by atoms with Crippen LogP contribution >= 0.6 is 22.9 Å². The number of carbonyl (C=O) groups excluding carboxylic acids is 1. The Hall–Kier alpha value is -2.10. The van der Waals surface area contributed by atoms with Gasteiger partial charge in [-0.2, -0.15) is 0 Å². The van der Waals surface area contributed by atoms with Crippen LogP contribution in [0.25, 0.3) is 11.1 Å². The number of rotatable bonds is 2. The topological polar surface area (TPSA) is 29.1 Å². The average Bonchev–Trinajstić information content (AvgIpc) is 2.99. The first kappa shape index (κ1) is 15.4. The van der Waals surface area contributed by atoms with E-state index in [9.17, 15) is 4.79 Å². The van der Waals surface area contributed by atoms with Crippen LogP contribution in [0.5, 0.6) is 0 Å². The van der Waals surface area contributed by atoms with Crippen LogP contribution in [0.3, 0.4) is 0 Å². The first-order valence-corrected chi connectivity index (χ1v) is 9.12. The number of anilines is 1. The van der Waals surface area contributed by atoms with E-state index in [4.69, 9.17) is 11.6 Å². The van der Waals surface area contributed by atoms with Crippen LogP contribution in [0.1, 0.15) is 28.3 Å². The van der Waals surface area contributed by atoms with E-state index in [1.165, 1.54) is 16.0 Å². The largest absolute Gasteiger partial charge is 0.325 e. The van der Waals surface area contributed by atoms with Crippen LogP contribution < -0.4 is 5.32 Å². The molecule has 2 nitrogen and oxygen atoms in total. The Morgan fingerprint density at radius 3 is 2.62 bits per heavy atom. The molecule has 4 rings (SSSR count). The number of carbonyl (C=O) groups is 1. The number of halogens is 1. The molecule has 1 atom stereocenters. The average molecular weight is 354 g/mol. The molecule has 0 unspecified atom stereocenters. The maximum Gasteiger partial charge on any atom is 0.225 e. The summed E-state index contributed by atoms with van der Waals surface area (Å²) in [7, 11) is 0. The fraction of sp³-hybridized carbons (Fsp3) is 0.150. The molecule has 0 aliphatic carbocycles. The van der Waals surface area contributed by atoms with Crippen molar-refractivity contribution in [3.63, 3.8) is 0 Å². The minimum Gasteiger partial charge on any atom is -0.325 e. The zero-order chi connectivity index (χ0) is 16.7. The number of hydrogen-bond donors (Lipinski definition) is 1. The van der Waals surface area contributed by atoms with E-state index in [1.807, 2.05) is 36.4 Å². The second-order valence-corrected chi connectivity index (χ2v) is 7.40. The van der Waals surface area contributed by atoms with E-state index in [1.54, 1.807) is 11.3 Å². The van der Waals surface area contributed by atoms with Crippen LogP contribution in [0.2, 0.25) is 5.02 Å². The molecule has 0 fully saturated rings. The summed E-state index contributed by atoms with van der Waals surface area (Å²) in [5.41, 5.74) is 5.55. The van der Waals surface area contributed by atoms with Gasteiger partial charge in [0, 0.05) is 33.2 Å². The summed E-state index contributed by atoms with van der Waals surface area (Å²) in [6.07, 6.45) is 0.498. The molecule has 1 aliphatic heterocycles. The molecular weight excluding hydrogens is 338 g/mol. The minimum atomic E-state index is 0.0735. The van der Waals surface area contributed by atoms with Crippen molar-refractivity contribution in [2.45, 2.75) is 19.3 Å². The number of fused-ring (bicyclic) bond motifs is 1. The minimum absolute atomic E-state index is 0.0735. The van der Waals surface area contributed by atoms with Gasteiger partial charge in [-0.1, -0.05) is 48.0 Å². The van der Waals surface area contributed by atoms with Gasteiger partial charge in [-0.15, -0.1) is 11.3 Å². The van der Waals surface area contributed by atoms with E-state index >= 15 is 0 Å². The molecule has 2 aromatic carbocycles. The van der Waals surface area contributed by atoms with Crippen molar-refractivity contribution >= 4 is 34.5 Å². The van der Waals surface area contributed by atoms with Gasteiger partial charge in [-0.3, -0.25) is 4.79 Å². The lowest BCUT2D eigenvalue weighted by molar-refractivity contribution is -0.116. The highest BCUT2D eigenvalue weighted by molar-refractivity contribution is 7.11. The molecule has 120 valence electrons. The molecule has 2 heterocycles. The maximum atomic E-state index is 12.3. The van der Waals surface area contributed by atoms with E-state index < -0.39 is 0 Å². The SMILES string of the molecule is Cc1ccccc1[C@@H]1CC(=O)Nc2c(-c3ccc(Cl)cc3)csc21. The molecule has 0 saturated carbocycles. The van der Waals surface area contributed by atoms with Gasteiger partial charge in [0.25, 0.3) is 0 Å². The van der Waals surface area contributed by atoms with Gasteiger partial charge in [0.15, 0.2) is 0 Å². The van der Waals surface area contributed by atoms with Crippen LogP contribution in [0, 0.1) is 6.92 Å². The van der Waals surface area contributed by atoms with Crippen LogP contribution in [0.15, 0.2) is 53.9 Å². The van der Waals surface area contributed by atoms with Crippen molar-refractivity contribution in [1.29, 1.82) is 0 Å². The van der Waals surface area contributed by atoms with Gasteiger partial charge < -0.3 is 5.32 Å². The first-order chi connectivity index (χ1) is 11.6. The standard InChI is InChI=1S/C20H16ClNOS/c1-12-4-2-3-5-15(12)16-10-18(23)22-19-17(11-24-20(16)19)13-6-8-14(21)9-7-13/h2-9,11,16H,10H2,1H3,(H,22,23)/t16-/m0/s1. The highest BCUT2D eigenvalue weighted by Gasteiger charge is 2.30. The Kier molecular flexibility index (Phi) is 3.91. The monoisotopic (exact) mass is 353 g/mol. The second-order valence-electron chi connectivity index (χ2n) is 6.06. The van der Waals surface area contributed by atoms with Crippen molar-refractivity contribution in [1.82, 2.24) is 0 Å². The van der Waals surface area contributed by atoms with Gasteiger partial charge in [0.1, 0.15) is 0 Å². The van der Waals surface area contributed by atoms with E-state index in [2.05, 4.69) is 29.8 Å². The molecule has 0 saturated heterocycles. The zero-order valence-corrected chi connectivity index (χ0v) is 14.7. The Morgan fingerprint density at radius 1 is 1.12 bits per heavy atom. The Balaban J connectivity index is 1.83. The molecule has 1 amide bonds. The Labute approximate surface area is 150 Å². The molecular formula is C20H16ClNOS. The normalized spacial score (nSPS) is 16.6. The first-order valence-electron chi connectivity index (χ1n) is 7.86. The summed E-state index contributed by atoms with van der Waals surface area (Å²) in [6.45, 7) is 2.11. The summed E-state index contributed by atoms with van der Waals surface area (Å²) in [4.78, 5) is 13.6. The number of thiophene rings is 1. The summed E-state index contributed by atoms with van der Waals surface area (Å²) in [5, 5.41) is 5.92. The molecule has 0 spiro atoms. The summed E-state index contributed by atoms with van der Waals surface area (Å²) in [5.74, 6) is 0.199. The smallest absolute Gasteiger partial charge is 0.225 e. The molecule has 0 radical (unpaired) electrons. The predicted molar refractivity (Wildman–Crippen MR) is 101 cm³/mol. The van der Waals surface area contributed by atoms with E-state index in [0.717, 1.165) is 16.8 Å². The third-order valence-electron chi connectivity index (χ3n) is 4.51. The molecule has 1 aromatic heterocycles. The van der Waals surface area contributed by atoms with Crippen molar-refractivity contribution in [3.05, 3.63) is 74.9 Å². The summed E-state index contributed by atoms with van der Waals surface area (Å²) < 4.78 is 0. The third kappa shape index (κ3) is 2.64. The summed E-state index contributed by atoms with van der Waals surface area (Å²) >= 11 is 7.71. The number of hydrogen-bond acceptors (Lipinski definition) is 2. The number of nitrogens with one attached hydrogen (secondary N) is 1. The van der Waals surface area contributed by atoms with Crippen LogP contribution in [-0.2, 0) is 4.79 Å². The van der Waals surface area contributed by atoms with Crippen LogP contribution in [0.4, 0.5) is 5.69 Å². The number of amides is 1. The quantitative estimate of drug-likeness (QED) is 0.615. The third-order valence-corrected chi connectivity index (χ3v) is 5.86. The highest BCUT2D eigenvalue weighted by atomic mass is 35.5. The predicted octanol–water partition coefficient (Wildman–Crippen LogP) is 5.85. The summed E-state index contributed by atoms with van der Waals surface area (Å²) in [6, 6.07) is 16.1. The maximum absolute atomic E-state index is 12.3. The van der Waals surface area contributed by atoms with Gasteiger partial charge in [-0.25, -0.2) is 0 Å². The lowest BCUT2D eigenvalue weighted by Gasteiger charge is -2.25. The fourth-order valence-corrected chi connectivity index (χ4v) is 4.58. The molecule has 4 heteroatoms. The van der Waals surface area contributed by atoms with Crippen molar-refractivity contribution in [3.8, 4) is 11.1 Å². The second kappa shape index (κ2) is 6.08. The number of aryl methyl sites for hydroxylation is 1. The fourth-order valence-electron chi connectivity index (χ4n) is 3.30. The zero-order valence-electron chi connectivity index (χ0n) is 13.2. The van der Waals surface area contributed by atoms with Crippen molar-refractivity contribution in [2.24, 2.45) is 0 Å². The molecule has 3 aromatic rings. The molecule has 0 bridgehead atoms. The highest BCUT2D eigenvalue weighted by Crippen LogP contribution is 2.47. The van der Waals surface area contributed by atoms with Crippen LogP contribution in [-0.4, -0.2) is 5.91 Å². The molecule has 1 aliphatic rings. The van der Waals surface area contributed by atoms with E-state index in [0.29, 0.717) is 11.4 Å². The van der Waals surface area contributed by atoms with Gasteiger partial charge in [0.2, 0.25) is 5.91 Å². The van der Waals surface area contributed by atoms with Gasteiger partial charge >= 0.3 is 0 Å². The lowest BCUT2D eigenvalue weighted by atomic mass is 9.87. The van der Waals surface area contributed by atoms with Crippen molar-refractivity contribution in [2.75, 3.05) is 5.32 Å². The lowest BCUT2D eigenvalue weighted by Crippen LogP contribution is -2.22. The molecule has 1 N–H and O–H groups in total. The molecule has 24 heavy (non-hydrogen) atoms. The Bertz CT molecular complexity index is 914. The van der Waals surface area contributed by atoms with Gasteiger partial charge in [-0.05, 0) is 35.7 Å². The van der Waals surface area contributed by atoms with E-state index in [-0.39, 0.29) is 11.8 Å². The van der Waals surface area contributed by atoms with Gasteiger partial charge in [0.05, 0.1) is 5.69 Å². The number of benzene rings is 2. The Morgan fingerprint density at radius 2 is 1.88 bits per heavy atom. The van der Waals surface area contributed by atoms with Crippen molar-refractivity contribution < 1.29 is 4.79 Å².